The Morgan fingerprint density at radius 3 is 2.71 bits per heavy atom. The van der Waals surface area contributed by atoms with E-state index in [-0.39, 0.29) is 5.78 Å². The second-order valence-electron chi connectivity index (χ2n) is 4.63. The second kappa shape index (κ2) is 5.66. The van der Waals surface area contributed by atoms with Gasteiger partial charge in [-0.3, -0.25) is 9.78 Å². The van der Waals surface area contributed by atoms with Crippen LogP contribution in [0, 0.1) is 0 Å². The van der Waals surface area contributed by atoms with Gasteiger partial charge in [0.1, 0.15) is 11.3 Å². The number of carbonyl (C=O) groups is 1. The summed E-state index contributed by atoms with van der Waals surface area (Å²) < 4.78 is 6.78. The lowest BCUT2D eigenvalue weighted by atomic mass is 10.1. The van der Waals surface area contributed by atoms with Crippen LogP contribution >= 0.6 is 15.9 Å². The maximum absolute atomic E-state index is 11.8. The van der Waals surface area contributed by atoms with E-state index in [1.165, 1.54) is 6.92 Å². The van der Waals surface area contributed by atoms with E-state index in [4.69, 9.17) is 4.74 Å². The average molecular weight is 342 g/mol. The predicted molar refractivity (Wildman–Crippen MR) is 86.0 cm³/mol. The highest BCUT2D eigenvalue weighted by Crippen LogP contribution is 2.32. The highest BCUT2D eigenvalue weighted by Gasteiger charge is 2.12. The summed E-state index contributed by atoms with van der Waals surface area (Å²) in [5.41, 5.74) is 1.31. The van der Waals surface area contributed by atoms with E-state index in [0.29, 0.717) is 17.1 Å². The fourth-order valence-corrected chi connectivity index (χ4v) is 2.50. The zero-order valence-corrected chi connectivity index (χ0v) is 12.9. The largest absolute Gasteiger partial charge is 0.454 e. The van der Waals surface area contributed by atoms with Crippen LogP contribution in [0.3, 0.4) is 0 Å². The molecular weight excluding hydrogens is 330 g/mol. The molecule has 2 aromatic carbocycles. The lowest BCUT2D eigenvalue weighted by Gasteiger charge is -2.11. The van der Waals surface area contributed by atoms with E-state index in [0.717, 1.165) is 15.4 Å². The Bertz CT molecular complexity index is 825. The maximum Gasteiger partial charge on any atom is 0.163 e. The van der Waals surface area contributed by atoms with Crippen molar-refractivity contribution in [1.82, 2.24) is 4.98 Å². The molecule has 0 aliphatic rings. The number of nitrogens with zero attached hydrogens (tertiary/aromatic N) is 1. The molecule has 3 nitrogen and oxygen atoms in total. The third kappa shape index (κ3) is 2.81. The lowest BCUT2D eigenvalue weighted by Crippen LogP contribution is -1.97. The van der Waals surface area contributed by atoms with Gasteiger partial charge in [0.25, 0.3) is 0 Å². The summed E-state index contributed by atoms with van der Waals surface area (Å²) in [5, 5.41) is 0.997. The van der Waals surface area contributed by atoms with Crippen LogP contribution in [0.15, 0.2) is 59.2 Å². The normalized spacial score (nSPS) is 10.6. The Morgan fingerprint density at radius 2 is 1.90 bits per heavy atom. The van der Waals surface area contributed by atoms with Crippen molar-refractivity contribution in [2.45, 2.75) is 6.92 Å². The number of rotatable bonds is 3. The summed E-state index contributed by atoms with van der Waals surface area (Å²) in [7, 11) is 0. The van der Waals surface area contributed by atoms with Crippen LogP contribution in [-0.2, 0) is 0 Å². The van der Waals surface area contributed by atoms with Crippen molar-refractivity contribution in [2.75, 3.05) is 0 Å². The molecule has 0 saturated carbocycles. The number of benzene rings is 2. The Kier molecular flexibility index (Phi) is 3.71. The zero-order chi connectivity index (χ0) is 14.8. The summed E-state index contributed by atoms with van der Waals surface area (Å²) in [5.74, 6) is 1.13. The van der Waals surface area contributed by atoms with Gasteiger partial charge in [0.2, 0.25) is 0 Å². The molecule has 0 radical (unpaired) electrons. The predicted octanol–water partition coefficient (Wildman–Crippen LogP) is 4.99. The molecule has 1 heterocycles. The number of pyridine rings is 1. The molecule has 3 rings (SSSR count). The number of Topliss-reactive ketones (excluding diaryl/α,β-unsaturated/α-hetero) is 1. The monoisotopic (exact) mass is 341 g/mol. The summed E-state index contributed by atoms with van der Waals surface area (Å²) in [6.07, 6.45) is 1.72. The number of hydrogen-bond donors (Lipinski definition) is 0. The van der Waals surface area contributed by atoms with Crippen LogP contribution in [-0.4, -0.2) is 10.8 Å². The van der Waals surface area contributed by atoms with Crippen LogP contribution in [0.5, 0.6) is 11.5 Å². The van der Waals surface area contributed by atoms with Crippen LogP contribution in [0.2, 0.25) is 0 Å². The molecule has 0 aliphatic heterocycles. The molecule has 1 aromatic heterocycles. The van der Waals surface area contributed by atoms with Gasteiger partial charge in [-0.15, -0.1) is 0 Å². The molecule has 0 bridgehead atoms. The van der Waals surface area contributed by atoms with E-state index >= 15 is 0 Å². The minimum absolute atomic E-state index is 0.0421. The van der Waals surface area contributed by atoms with Crippen LogP contribution in [0.4, 0.5) is 0 Å². The molecule has 0 atom stereocenters. The molecule has 0 aliphatic carbocycles. The fraction of sp³-hybridized carbons (Fsp3) is 0.0588. The standard InChI is InChI=1S/C17H12BrNO2/c1-11(20)14-10-13(18)7-8-15(14)21-16-6-2-4-12-5-3-9-19-17(12)16/h2-10H,1H3. The molecule has 104 valence electrons. The molecule has 0 unspecified atom stereocenters. The molecule has 0 N–H and O–H groups in total. The zero-order valence-electron chi connectivity index (χ0n) is 11.3. The van der Waals surface area contributed by atoms with Crippen molar-refractivity contribution in [3.8, 4) is 11.5 Å². The first-order valence-corrected chi connectivity index (χ1v) is 7.26. The van der Waals surface area contributed by atoms with Crippen LogP contribution in [0.25, 0.3) is 10.9 Å². The Balaban J connectivity index is 2.09. The van der Waals surface area contributed by atoms with E-state index in [1.807, 2.05) is 36.4 Å². The highest BCUT2D eigenvalue weighted by atomic mass is 79.9. The Hall–Kier alpha value is -2.20. The minimum Gasteiger partial charge on any atom is -0.454 e. The number of aromatic nitrogens is 1. The van der Waals surface area contributed by atoms with Crippen molar-refractivity contribution in [1.29, 1.82) is 0 Å². The lowest BCUT2D eigenvalue weighted by molar-refractivity contribution is 0.101. The van der Waals surface area contributed by atoms with Gasteiger partial charge in [0, 0.05) is 16.1 Å². The average Bonchev–Trinajstić information content (AvgIpc) is 2.49. The van der Waals surface area contributed by atoms with Gasteiger partial charge < -0.3 is 4.74 Å². The van der Waals surface area contributed by atoms with Gasteiger partial charge in [-0.1, -0.05) is 34.1 Å². The number of fused-ring (bicyclic) bond motifs is 1. The topological polar surface area (TPSA) is 39.2 Å². The number of ketones is 1. The molecule has 3 aromatic rings. The number of para-hydroxylation sites is 1. The molecule has 21 heavy (non-hydrogen) atoms. The summed E-state index contributed by atoms with van der Waals surface area (Å²) in [6, 6.07) is 15.0. The van der Waals surface area contributed by atoms with Crippen LogP contribution < -0.4 is 4.74 Å². The van der Waals surface area contributed by atoms with E-state index in [9.17, 15) is 4.79 Å². The number of halogens is 1. The SMILES string of the molecule is CC(=O)c1cc(Br)ccc1Oc1cccc2cccnc12. The maximum atomic E-state index is 11.8. The van der Waals surface area contributed by atoms with Gasteiger partial charge in [-0.05, 0) is 37.3 Å². The van der Waals surface area contributed by atoms with Crippen molar-refractivity contribution in [3.05, 3.63) is 64.8 Å². The molecule has 0 saturated heterocycles. The number of carbonyl (C=O) groups excluding carboxylic acids is 1. The van der Waals surface area contributed by atoms with Crippen LogP contribution in [0.1, 0.15) is 17.3 Å². The fourth-order valence-electron chi connectivity index (χ4n) is 2.14. The summed E-state index contributed by atoms with van der Waals surface area (Å²) in [4.78, 5) is 16.1. The van der Waals surface area contributed by atoms with Gasteiger partial charge in [-0.25, -0.2) is 0 Å². The smallest absolute Gasteiger partial charge is 0.163 e. The minimum atomic E-state index is -0.0421. The quantitative estimate of drug-likeness (QED) is 0.630. The first-order chi connectivity index (χ1) is 10.1. The van der Waals surface area contributed by atoms with Gasteiger partial charge in [-0.2, -0.15) is 0 Å². The summed E-state index contributed by atoms with van der Waals surface area (Å²) in [6.45, 7) is 1.52. The molecule has 4 heteroatoms. The van der Waals surface area contributed by atoms with Crippen molar-refractivity contribution < 1.29 is 9.53 Å². The van der Waals surface area contributed by atoms with E-state index < -0.39 is 0 Å². The van der Waals surface area contributed by atoms with Gasteiger partial charge >= 0.3 is 0 Å². The third-order valence-corrected chi connectivity index (χ3v) is 3.63. The number of hydrogen-bond acceptors (Lipinski definition) is 3. The van der Waals surface area contributed by atoms with E-state index in [2.05, 4.69) is 20.9 Å². The molecular formula is C17H12BrNO2. The number of ether oxygens (including phenoxy) is 1. The van der Waals surface area contributed by atoms with Crippen molar-refractivity contribution >= 4 is 32.6 Å². The third-order valence-electron chi connectivity index (χ3n) is 3.14. The van der Waals surface area contributed by atoms with E-state index in [1.54, 1.807) is 18.3 Å². The Labute approximate surface area is 130 Å². The van der Waals surface area contributed by atoms with Gasteiger partial charge in [0.15, 0.2) is 11.5 Å². The first kappa shape index (κ1) is 13.8. The summed E-state index contributed by atoms with van der Waals surface area (Å²) >= 11 is 3.37. The second-order valence-corrected chi connectivity index (χ2v) is 5.55. The Morgan fingerprint density at radius 1 is 1.10 bits per heavy atom. The van der Waals surface area contributed by atoms with Crippen molar-refractivity contribution in [3.63, 3.8) is 0 Å². The van der Waals surface area contributed by atoms with Gasteiger partial charge in [0.05, 0.1) is 5.56 Å². The molecule has 0 fully saturated rings. The molecule has 0 spiro atoms. The van der Waals surface area contributed by atoms with Crippen molar-refractivity contribution in [2.24, 2.45) is 0 Å². The highest BCUT2D eigenvalue weighted by molar-refractivity contribution is 9.10. The first-order valence-electron chi connectivity index (χ1n) is 6.47. The molecule has 0 amide bonds.